The fourth-order valence-corrected chi connectivity index (χ4v) is 2.70. The molecular formula is C14H19N5. The molecule has 5 heteroatoms. The molecule has 2 heterocycles. The van der Waals surface area contributed by atoms with Gasteiger partial charge in [-0.15, -0.1) is 10.2 Å². The molecule has 19 heavy (non-hydrogen) atoms. The summed E-state index contributed by atoms with van der Waals surface area (Å²) in [4.78, 5) is 4.54. The van der Waals surface area contributed by atoms with Gasteiger partial charge in [-0.05, 0) is 30.9 Å². The Morgan fingerprint density at radius 3 is 3.26 bits per heavy atom. The Balaban J connectivity index is 1.61. The number of aryl methyl sites for hydroxylation is 2. The van der Waals surface area contributed by atoms with Crippen LogP contribution in [0.25, 0.3) is 0 Å². The number of rotatable bonds is 4. The highest BCUT2D eigenvalue weighted by atomic mass is 15.2. The highest BCUT2D eigenvalue weighted by Gasteiger charge is 2.20. The topological polar surface area (TPSA) is 55.6 Å². The van der Waals surface area contributed by atoms with E-state index in [1.807, 2.05) is 23.9 Å². The Bertz CT molecular complexity index is 548. The van der Waals surface area contributed by atoms with Gasteiger partial charge >= 0.3 is 0 Å². The van der Waals surface area contributed by atoms with E-state index in [4.69, 9.17) is 0 Å². The van der Waals surface area contributed by atoms with Crippen molar-refractivity contribution in [2.24, 2.45) is 7.05 Å². The minimum Gasteiger partial charge on any atom is -0.321 e. The lowest BCUT2D eigenvalue weighted by Crippen LogP contribution is -2.28. The summed E-state index contributed by atoms with van der Waals surface area (Å²) >= 11 is 0. The molecule has 1 N–H and O–H groups in total. The molecule has 5 nitrogen and oxygen atoms in total. The van der Waals surface area contributed by atoms with Crippen LogP contribution in [-0.2, 0) is 19.9 Å². The van der Waals surface area contributed by atoms with Crippen LogP contribution in [0.5, 0.6) is 0 Å². The van der Waals surface area contributed by atoms with Gasteiger partial charge in [0.15, 0.2) is 0 Å². The number of pyridine rings is 1. The van der Waals surface area contributed by atoms with Gasteiger partial charge in [0, 0.05) is 32.3 Å². The predicted molar refractivity (Wildman–Crippen MR) is 72.6 cm³/mol. The van der Waals surface area contributed by atoms with E-state index < -0.39 is 0 Å². The van der Waals surface area contributed by atoms with Crippen molar-refractivity contribution in [1.82, 2.24) is 25.1 Å². The van der Waals surface area contributed by atoms with E-state index in [1.54, 1.807) is 6.33 Å². The van der Waals surface area contributed by atoms with Gasteiger partial charge in [-0.25, -0.2) is 0 Å². The molecule has 2 aromatic rings. The van der Waals surface area contributed by atoms with Crippen LogP contribution >= 0.6 is 0 Å². The number of nitrogens with one attached hydrogen (secondary N) is 1. The zero-order valence-electron chi connectivity index (χ0n) is 11.2. The second-order valence-electron chi connectivity index (χ2n) is 5.05. The third-order valence-electron chi connectivity index (χ3n) is 3.74. The molecule has 0 aromatic carbocycles. The molecule has 2 aromatic heterocycles. The molecule has 0 saturated heterocycles. The standard InChI is InChI=1S/C14H19N5/c1-19-10-17-18-13(19)7-9-15-12-6-2-4-11-5-3-8-16-14(11)12/h3,5,8,10,12,15H,2,4,6-7,9H2,1H3. The molecule has 3 rings (SSSR count). The molecule has 0 radical (unpaired) electrons. The van der Waals surface area contributed by atoms with Crippen LogP contribution in [0.15, 0.2) is 24.7 Å². The van der Waals surface area contributed by atoms with Crippen LogP contribution < -0.4 is 5.32 Å². The number of nitrogens with zero attached hydrogens (tertiary/aromatic N) is 4. The van der Waals surface area contributed by atoms with E-state index in [9.17, 15) is 0 Å². The van der Waals surface area contributed by atoms with Crippen LogP contribution in [0.3, 0.4) is 0 Å². The SMILES string of the molecule is Cn1cnnc1CCNC1CCCc2cccnc21. The molecule has 100 valence electrons. The minimum atomic E-state index is 0.387. The van der Waals surface area contributed by atoms with E-state index in [0.717, 1.165) is 25.2 Å². The Morgan fingerprint density at radius 1 is 1.47 bits per heavy atom. The van der Waals surface area contributed by atoms with Gasteiger partial charge in [0.05, 0.1) is 5.69 Å². The largest absolute Gasteiger partial charge is 0.321 e. The first kappa shape index (κ1) is 12.3. The molecule has 0 bridgehead atoms. The van der Waals surface area contributed by atoms with E-state index in [0.29, 0.717) is 6.04 Å². The Labute approximate surface area is 113 Å². The Kier molecular flexibility index (Phi) is 3.55. The monoisotopic (exact) mass is 257 g/mol. The van der Waals surface area contributed by atoms with E-state index in [-0.39, 0.29) is 0 Å². The maximum atomic E-state index is 4.54. The maximum absolute atomic E-state index is 4.54. The summed E-state index contributed by atoms with van der Waals surface area (Å²) in [5.74, 6) is 1.02. The van der Waals surface area contributed by atoms with Crippen molar-refractivity contribution in [3.05, 3.63) is 41.7 Å². The summed E-state index contributed by atoms with van der Waals surface area (Å²) in [7, 11) is 1.98. The molecule has 1 atom stereocenters. The summed E-state index contributed by atoms with van der Waals surface area (Å²) in [5, 5.41) is 11.6. The van der Waals surface area contributed by atoms with Gasteiger partial charge in [-0.1, -0.05) is 6.07 Å². The lowest BCUT2D eigenvalue weighted by Gasteiger charge is -2.25. The van der Waals surface area contributed by atoms with E-state index in [2.05, 4.69) is 26.6 Å². The van der Waals surface area contributed by atoms with Crippen LogP contribution in [-0.4, -0.2) is 26.3 Å². The predicted octanol–water partition coefficient (Wildman–Crippen LogP) is 1.42. The number of hydrogen-bond acceptors (Lipinski definition) is 4. The molecular weight excluding hydrogens is 238 g/mol. The minimum absolute atomic E-state index is 0.387. The summed E-state index contributed by atoms with van der Waals surface area (Å²) < 4.78 is 1.97. The highest BCUT2D eigenvalue weighted by Crippen LogP contribution is 2.27. The summed E-state index contributed by atoms with van der Waals surface area (Å²) in [6, 6.07) is 4.61. The summed E-state index contributed by atoms with van der Waals surface area (Å²) in [6.45, 7) is 0.910. The first-order chi connectivity index (χ1) is 9.34. The summed E-state index contributed by atoms with van der Waals surface area (Å²) in [6.07, 6.45) is 8.09. The van der Waals surface area contributed by atoms with E-state index in [1.165, 1.54) is 24.1 Å². The molecule has 1 unspecified atom stereocenters. The molecule has 0 saturated carbocycles. The number of hydrogen-bond donors (Lipinski definition) is 1. The molecule has 0 amide bonds. The quantitative estimate of drug-likeness (QED) is 0.900. The van der Waals surface area contributed by atoms with Crippen molar-refractivity contribution in [1.29, 1.82) is 0 Å². The normalized spacial score (nSPS) is 18.3. The maximum Gasteiger partial charge on any atom is 0.133 e. The lowest BCUT2D eigenvalue weighted by molar-refractivity contribution is 0.448. The second-order valence-corrected chi connectivity index (χ2v) is 5.05. The third kappa shape index (κ3) is 2.66. The average molecular weight is 257 g/mol. The smallest absolute Gasteiger partial charge is 0.133 e. The van der Waals surface area contributed by atoms with Crippen molar-refractivity contribution in [2.45, 2.75) is 31.7 Å². The van der Waals surface area contributed by atoms with Crippen molar-refractivity contribution in [3.63, 3.8) is 0 Å². The van der Waals surface area contributed by atoms with Crippen LogP contribution in [0.4, 0.5) is 0 Å². The van der Waals surface area contributed by atoms with Gasteiger partial charge in [0.1, 0.15) is 12.2 Å². The van der Waals surface area contributed by atoms with Gasteiger partial charge in [-0.2, -0.15) is 0 Å². The van der Waals surface area contributed by atoms with Gasteiger partial charge in [0.25, 0.3) is 0 Å². The molecule has 0 fully saturated rings. The number of aromatic nitrogens is 4. The fourth-order valence-electron chi connectivity index (χ4n) is 2.70. The Morgan fingerprint density at radius 2 is 2.42 bits per heavy atom. The van der Waals surface area contributed by atoms with Gasteiger partial charge in [0.2, 0.25) is 0 Å². The third-order valence-corrected chi connectivity index (χ3v) is 3.74. The zero-order valence-corrected chi connectivity index (χ0v) is 11.2. The molecule has 0 spiro atoms. The van der Waals surface area contributed by atoms with Crippen molar-refractivity contribution < 1.29 is 0 Å². The van der Waals surface area contributed by atoms with Crippen molar-refractivity contribution in [3.8, 4) is 0 Å². The van der Waals surface area contributed by atoms with Gasteiger partial charge in [-0.3, -0.25) is 4.98 Å². The fraction of sp³-hybridized carbons (Fsp3) is 0.500. The average Bonchev–Trinajstić information content (AvgIpc) is 2.85. The highest BCUT2D eigenvalue weighted by molar-refractivity contribution is 5.25. The van der Waals surface area contributed by atoms with Crippen LogP contribution in [0.2, 0.25) is 0 Å². The van der Waals surface area contributed by atoms with Crippen LogP contribution in [0.1, 0.15) is 36.0 Å². The molecule has 1 aliphatic carbocycles. The lowest BCUT2D eigenvalue weighted by atomic mass is 9.92. The van der Waals surface area contributed by atoms with E-state index >= 15 is 0 Å². The molecule has 0 aliphatic heterocycles. The number of fused-ring (bicyclic) bond motifs is 1. The molecule has 1 aliphatic rings. The first-order valence-corrected chi connectivity index (χ1v) is 6.84. The van der Waals surface area contributed by atoms with Gasteiger partial charge < -0.3 is 9.88 Å². The van der Waals surface area contributed by atoms with Crippen molar-refractivity contribution in [2.75, 3.05) is 6.54 Å². The summed E-state index contributed by atoms with van der Waals surface area (Å²) in [5.41, 5.74) is 2.62. The second kappa shape index (κ2) is 5.48. The van der Waals surface area contributed by atoms with Crippen molar-refractivity contribution >= 4 is 0 Å². The zero-order chi connectivity index (χ0) is 13.1. The first-order valence-electron chi connectivity index (χ1n) is 6.84. The Hall–Kier alpha value is -1.75. The van der Waals surface area contributed by atoms with Crippen LogP contribution in [0, 0.1) is 0 Å².